The summed E-state index contributed by atoms with van der Waals surface area (Å²) in [6.07, 6.45) is 0. The van der Waals surface area contributed by atoms with Crippen LogP contribution in [0.3, 0.4) is 0 Å². The normalized spacial score (nSPS) is 12.1. The van der Waals surface area contributed by atoms with Gasteiger partial charge in [-0.05, 0) is 48.5 Å². The molecule has 2 aromatic carbocycles. The number of benzene rings is 2. The molecule has 10 nitrogen and oxygen atoms in total. The second-order valence-electron chi connectivity index (χ2n) is 6.22. The summed E-state index contributed by atoms with van der Waals surface area (Å²) >= 11 is 1.39. The largest absolute Gasteiger partial charge is 0.419 e. The summed E-state index contributed by atoms with van der Waals surface area (Å²) in [4.78, 5) is 10.3. The third kappa shape index (κ3) is 3.99. The van der Waals surface area contributed by atoms with Gasteiger partial charge in [-0.2, -0.15) is 4.68 Å². The lowest BCUT2D eigenvalue weighted by atomic mass is 10.2. The summed E-state index contributed by atoms with van der Waals surface area (Å²) in [7, 11) is 0. The summed E-state index contributed by atoms with van der Waals surface area (Å²) in [5.74, 6) is 0.697. The zero-order chi connectivity index (χ0) is 20.4. The van der Waals surface area contributed by atoms with Crippen LogP contribution in [0.25, 0.3) is 17.1 Å². The molecule has 0 saturated carbocycles. The lowest BCUT2D eigenvalue weighted by molar-refractivity contribution is -0.384. The Morgan fingerprint density at radius 1 is 1.07 bits per heavy atom. The van der Waals surface area contributed by atoms with Crippen molar-refractivity contribution >= 4 is 17.4 Å². The molecule has 2 aromatic heterocycles. The maximum Gasteiger partial charge on any atom is 0.269 e. The number of aryl methyl sites for hydroxylation is 1. The quantitative estimate of drug-likeness (QED) is 0.265. The van der Waals surface area contributed by atoms with Crippen LogP contribution in [0, 0.1) is 17.0 Å². The van der Waals surface area contributed by atoms with Crippen molar-refractivity contribution in [2.24, 2.45) is 0 Å². The molecular formula is C18H15N7O3S. The van der Waals surface area contributed by atoms with Gasteiger partial charge in [0.25, 0.3) is 5.69 Å². The molecule has 2 heterocycles. The minimum Gasteiger partial charge on any atom is -0.419 e. The van der Waals surface area contributed by atoms with Crippen LogP contribution in [-0.2, 0) is 0 Å². The fraction of sp³-hybridized carbons (Fsp3) is 0.167. The first-order valence-corrected chi connectivity index (χ1v) is 9.49. The predicted octanol–water partition coefficient (Wildman–Crippen LogP) is 3.78. The lowest BCUT2D eigenvalue weighted by Crippen LogP contribution is -2.00. The molecule has 0 amide bonds. The first-order valence-electron chi connectivity index (χ1n) is 8.61. The lowest BCUT2D eigenvalue weighted by Gasteiger charge is -2.07. The number of non-ortho nitro benzene ring substituents is 1. The summed E-state index contributed by atoms with van der Waals surface area (Å²) in [6.45, 7) is 3.92. The van der Waals surface area contributed by atoms with Gasteiger partial charge >= 0.3 is 0 Å². The zero-order valence-electron chi connectivity index (χ0n) is 15.5. The monoisotopic (exact) mass is 409 g/mol. The van der Waals surface area contributed by atoms with E-state index in [1.807, 2.05) is 38.1 Å². The van der Waals surface area contributed by atoms with Gasteiger partial charge in [-0.1, -0.05) is 29.5 Å². The Morgan fingerprint density at radius 2 is 1.79 bits per heavy atom. The van der Waals surface area contributed by atoms with E-state index < -0.39 is 4.92 Å². The number of nitrogens with zero attached hydrogens (tertiary/aromatic N) is 7. The Morgan fingerprint density at radius 3 is 2.48 bits per heavy atom. The van der Waals surface area contributed by atoms with Gasteiger partial charge in [0.15, 0.2) is 0 Å². The van der Waals surface area contributed by atoms with Crippen molar-refractivity contribution in [1.29, 1.82) is 0 Å². The van der Waals surface area contributed by atoms with E-state index in [1.165, 1.54) is 23.9 Å². The number of hydrogen-bond donors (Lipinski definition) is 0. The fourth-order valence-corrected chi connectivity index (χ4v) is 3.39. The molecule has 0 radical (unpaired) electrons. The van der Waals surface area contributed by atoms with E-state index >= 15 is 0 Å². The van der Waals surface area contributed by atoms with E-state index in [1.54, 1.807) is 16.8 Å². The molecule has 0 saturated heterocycles. The van der Waals surface area contributed by atoms with Crippen molar-refractivity contribution in [3.8, 4) is 17.1 Å². The van der Waals surface area contributed by atoms with E-state index in [0.29, 0.717) is 22.5 Å². The molecule has 0 aliphatic heterocycles. The van der Waals surface area contributed by atoms with Gasteiger partial charge in [0.05, 0.1) is 15.9 Å². The molecular weight excluding hydrogens is 394 g/mol. The zero-order valence-corrected chi connectivity index (χ0v) is 16.3. The molecule has 0 fully saturated rings. The van der Waals surface area contributed by atoms with Crippen molar-refractivity contribution in [2.45, 2.75) is 24.3 Å². The predicted molar refractivity (Wildman–Crippen MR) is 105 cm³/mol. The van der Waals surface area contributed by atoms with E-state index in [-0.39, 0.29) is 10.9 Å². The molecule has 1 unspecified atom stereocenters. The number of aromatic nitrogens is 6. The molecule has 0 N–H and O–H groups in total. The van der Waals surface area contributed by atoms with Crippen molar-refractivity contribution in [2.75, 3.05) is 0 Å². The fourth-order valence-electron chi connectivity index (χ4n) is 2.55. The number of thioether (sulfide) groups is 1. The number of hydrogen-bond acceptors (Lipinski definition) is 9. The Balaban J connectivity index is 1.52. The number of nitro benzene ring substituents is 1. The Bertz CT molecular complexity index is 1140. The first kappa shape index (κ1) is 18.7. The highest BCUT2D eigenvalue weighted by molar-refractivity contribution is 7.99. The molecule has 0 spiro atoms. The summed E-state index contributed by atoms with van der Waals surface area (Å²) in [5, 5.41) is 31.2. The highest BCUT2D eigenvalue weighted by Gasteiger charge is 2.20. The van der Waals surface area contributed by atoms with E-state index in [0.717, 1.165) is 11.3 Å². The SMILES string of the molecule is Cc1ccc(-n2nnnc2SC(C)c2nnc(-c3ccc([N+](=O)[O-])cc3)o2)cc1. The van der Waals surface area contributed by atoms with Crippen LogP contribution < -0.4 is 0 Å². The molecule has 4 rings (SSSR count). The van der Waals surface area contributed by atoms with Gasteiger partial charge in [0.2, 0.25) is 16.9 Å². The van der Waals surface area contributed by atoms with Crippen LogP contribution in [-0.4, -0.2) is 35.3 Å². The highest BCUT2D eigenvalue weighted by atomic mass is 32.2. The smallest absolute Gasteiger partial charge is 0.269 e. The van der Waals surface area contributed by atoms with Crippen LogP contribution in [0.5, 0.6) is 0 Å². The Hall–Kier alpha value is -3.60. The maximum atomic E-state index is 10.8. The van der Waals surface area contributed by atoms with Gasteiger partial charge in [-0.25, -0.2) is 0 Å². The second kappa shape index (κ2) is 7.80. The van der Waals surface area contributed by atoms with E-state index in [2.05, 4.69) is 25.7 Å². The molecule has 29 heavy (non-hydrogen) atoms. The van der Waals surface area contributed by atoms with Gasteiger partial charge in [-0.3, -0.25) is 10.1 Å². The Kier molecular flexibility index (Phi) is 5.04. The molecule has 0 aliphatic carbocycles. The summed E-state index contributed by atoms with van der Waals surface area (Å²) in [6, 6.07) is 13.8. The topological polar surface area (TPSA) is 126 Å². The number of nitro groups is 1. The van der Waals surface area contributed by atoms with Crippen molar-refractivity contribution in [1.82, 2.24) is 30.4 Å². The van der Waals surface area contributed by atoms with Gasteiger partial charge in [0, 0.05) is 17.7 Å². The third-order valence-corrected chi connectivity index (χ3v) is 5.14. The van der Waals surface area contributed by atoms with Crippen LogP contribution in [0.15, 0.2) is 58.1 Å². The molecule has 0 bridgehead atoms. The average molecular weight is 409 g/mol. The summed E-state index contributed by atoms with van der Waals surface area (Å²) < 4.78 is 7.40. The van der Waals surface area contributed by atoms with Crippen LogP contribution >= 0.6 is 11.8 Å². The summed E-state index contributed by atoms with van der Waals surface area (Å²) in [5.41, 5.74) is 2.61. The maximum absolute atomic E-state index is 10.8. The Labute approximate surface area is 169 Å². The number of rotatable bonds is 6. The van der Waals surface area contributed by atoms with Crippen molar-refractivity contribution in [3.63, 3.8) is 0 Å². The standard InChI is InChI=1S/C18H15N7O3S/c1-11-3-7-14(8-4-11)24-18(21-22-23-24)29-12(2)16-19-20-17(28-16)13-5-9-15(10-6-13)25(26)27/h3-10,12H,1-2H3. The third-order valence-electron chi connectivity index (χ3n) is 4.12. The van der Waals surface area contributed by atoms with Crippen LogP contribution in [0.4, 0.5) is 5.69 Å². The average Bonchev–Trinajstić information content (AvgIpc) is 3.38. The molecule has 4 aromatic rings. The molecule has 0 aliphatic rings. The van der Waals surface area contributed by atoms with E-state index in [9.17, 15) is 10.1 Å². The van der Waals surface area contributed by atoms with Crippen molar-refractivity contribution in [3.05, 3.63) is 70.1 Å². The van der Waals surface area contributed by atoms with Crippen molar-refractivity contribution < 1.29 is 9.34 Å². The minimum absolute atomic E-state index is 0.000328. The minimum atomic E-state index is -0.458. The van der Waals surface area contributed by atoms with Crippen LogP contribution in [0.1, 0.15) is 23.6 Å². The first-order chi connectivity index (χ1) is 14.0. The van der Waals surface area contributed by atoms with Crippen LogP contribution in [0.2, 0.25) is 0 Å². The second-order valence-corrected chi connectivity index (χ2v) is 7.53. The molecule has 11 heteroatoms. The van der Waals surface area contributed by atoms with Gasteiger partial charge < -0.3 is 4.42 Å². The molecule has 146 valence electrons. The molecule has 1 atom stereocenters. The van der Waals surface area contributed by atoms with Gasteiger partial charge in [0.1, 0.15) is 0 Å². The van der Waals surface area contributed by atoms with Gasteiger partial charge in [-0.15, -0.1) is 15.3 Å². The van der Waals surface area contributed by atoms with E-state index in [4.69, 9.17) is 4.42 Å². The number of tetrazole rings is 1. The highest BCUT2D eigenvalue weighted by Crippen LogP contribution is 2.34.